The minimum absolute atomic E-state index is 0.00800. The van der Waals surface area contributed by atoms with Crippen molar-refractivity contribution >= 4 is 16.8 Å². The first kappa shape index (κ1) is 14.0. The first-order chi connectivity index (χ1) is 11.2. The van der Waals surface area contributed by atoms with Gasteiger partial charge >= 0.3 is 0 Å². The molecule has 1 atom stereocenters. The van der Waals surface area contributed by atoms with Gasteiger partial charge in [-0.1, -0.05) is 18.2 Å². The molecule has 0 spiro atoms. The van der Waals surface area contributed by atoms with Crippen LogP contribution in [0.25, 0.3) is 10.9 Å². The van der Waals surface area contributed by atoms with Gasteiger partial charge in [-0.2, -0.15) is 0 Å². The molecule has 2 aromatic heterocycles. The molecule has 1 amide bonds. The second-order valence-corrected chi connectivity index (χ2v) is 6.09. The molecule has 1 aliphatic heterocycles. The zero-order chi connectivity index (χ0) is 15.8. The van der Waals surface area contributed by atoms with Crippen molar-refractivity contribution in [3.63, 3.8) is 0 Å². The van der Waals surface area contributed by atoms with Crippen molar-refractivity contribution in [2.24, 2.45) is 7.05 Å². The maximum absolute atomic E-state index is 12.7. The highest BCUT2D eigenvalue weighted by molar-refractivity contribution is 5.98. The van der Waals surface area contributed by atoms with Crippen LogP contribution in [0, 0.1) is 0 Å². The summed E-state index contributed by atoms with van der Waals surface area (Å²) in [5, 5.41) is 12.3. The fourth-order valence-electron chi connectivity index (χ4n) is 3.31. The number of para-hydroxylation sites is 1. The molecule has 0 fully saturated rings. The Morgan fingerprint density at radius 3 is 3.04 bits per heavy atom. The molecule has 0 saturated heterocycles. The number of amides is 1. The van der Waals surface area contributed by atoms with Crippen LogP contribution in [0.1, 0.15) is 29.2 Å². The number of carbonyl (C=O) groups is 1. The van der Waals surface area contributed by atoms with Gasteiger partial charge < -0.3 is 14.5 Å². The van der Waals surface area contributed by atoms with E-state index in [4.69, 9.17) is 0 Å². The van der Waals surface area contributed by atoms with Gasteiger partial charge in [0.05, 0.1) is 0 Å². The summed E-state index contributed by atoms with van der Waals surface area (Å²) < 4.78 is 4.03. The monoisotopic (exact) mass is 309 g/mol. The molecule has 4 rings (SSSR count). The van der Waals surface area contributed by atoms with E-state index in [1.165, 1.54) is 0 Å². The highest BCUT2D eigenvalue weighted by Gasteiger charge is 2.21. The van der Waals surface area contributed by atoms with E-state index in [9.17, 15) is 4.79 Å². The average Bonchev–Trinajstić information content (AvgIpc) is 3.10. The predicted molar refractivity (Wildman–Crippen MR) is 87.1 cm³/mol. The van der Waals surface area contributed by atoms with E-state index in [0.29, 0.717) is 5.69 Å². The Bertz CT molecular complexity index is 840. The molecule has 23 heavy (non-hydrogen) atoms. The van der Waals surface area contributed by atoms with Gasteiger partial charge in [-0.15, -0.1) is 10.2 Å². The summed E-state index contributed by atoms with van der Waals surface area (Å²) in [6.07, 6.45) is 4.42. The Morgan fingerprint density at radius 1 is 1.30 bits per heavy atom. The maximum atomic E-state index is 12.7. The number of carbonyl (C=O) groups excluding carboxylic acids is 1. The van der Waals surface area contributed by atoms with E-state index < -0.39 is 0 Å². The molecule has 0 bridgehead atoms. The number of nitrogens with zero attached hydrogens (tertiary/aromatic N) is 4. The Balaban J connectivity index is 1.51. The van der Waals surface area contributed by atoms with Gasteiger partial charge in [-0.25, -0.2) is 0 Å². The minimum Gasteiger partial charge on any atom is -0.348 e. The van der Waals surface area contributed by atoms with E-state index in [0.717, 1.165) is 42.5 Å². The molecule has 1 aliphatic rings. The zero-order valence-corrected chi connectivity index (χ0v) is 13.1. The van der Waals surface area contributed by atoms with E-state index in [-0.39, 0.29) is 11.9 Å². The van der Waals surface area contributed by atoms with Gasteiger partial charge in [-0.05, 0) is 25.0 Å². The quantitative estimate of drug-likeness (QED) is 0.786. The Kier molecular flexibility index (Phi) is 3.37. The first-order valence-electron chi connectivity index (χ1n) is 7.94. The molecule has 0 radical (unpaired) electrons. The van der Waals surface area contributed by atoms with Gasteiger partial charge in [-0.3, -0.25) is 4.79 Å². The van der Waals surface area contributed by atoms with Crippen LogP contribution in [0.5, 0.6) is 0 Å². The van der Waals surface area contributed by atoms with Crippen molar-refractivity contribution in [3.05, 3.63) is 48.2 Å². The van der Waals surface area contributed by atoms with Crippen LogP contribution < -0.4 is 5.32 Å². The van der Waals surface area contributed by atoms with Crippen LogP contribution in [0.15, 0.2) is 36.7 Å². The third-order valence-electron chi connectivity index (χ3n) is 4.65. The highest BCUT2D eigenvalue weighted by Crippen LogP contribution is 2.19. The summed E-state index contributed by atoms with van der Waals surface area (Å²) in [6, 6.07) is 10.2. The van der Waals surface area contributed by atoms with Crippen molar-refractivity contribution < 1.29 is 4.79 Å². The lowest BCUT2D eigenvalue weighted by Gasteiger charge is -2.16. The van der Waals surface area contributed by atoms with Crippen molar-refractivity contribution in [1.82, 2.24) is 24.6 Å². The smallest absolute Gasteiger partial charge is 0.268 e. The highest BCUT2D eigenvalue weighted by atomic mass is 16.2. The summed E-state index contributed by atoms with van der Waals surface area (Å²) in [4.78, 5) is 12.7. The normalized spacial score (nSPS) is 17.7. The van der Waals surface area contributed by atoms with Crippen LogP contribution in [-0.4, -0.2) is 31.3 Å². The van der Waals surface area contributed by atoms with Gasteiger partial charge in [0.2, 0.25) is 0 Å². The van der Waals surface area contributed by atoms with Crippen molar-refractivity contribution in [1.29, 1.82) is 0 Å². The molecule has 118 valence electrons. The predicted octanol–water partition coefficient (Wildman–Crippen LogP) is 1.90. The number of nitrogens with one attached hydrogen (secondary N) is 1. The van der Waals surface area contributed by atoms with Crippen molar-refractivity contribution in [2.45, 2.75) is 31.8 Å². The Hall–Kier alpha value is -2.63. The fourth-order valence-corrected chi connectivity index (χ4v) is 3.31. The molecule has 6 heteroatoms. The Labute approximate surface area is 134 Å². The van der Waals surface area contributed by atoms with Crippen LogP contribution >= 0.6 is 0 Å². The SMILES string of the molecule is Cn1c(C(=O)NC2CCc3nncn3CC2)cc2ccccc21. The molecule has 3 aromatic rings. The van der Waals surface area contributed by atoms with E-state index in [2.05, 4.69) is 20.1 Å². The van der Waals surface area contributed by atoms with Gasteiger partial charge in [0.15, 0.2) is 0 Å². The van der Waals surface area contributed by atoms with Crippen molar-refractivity contribution in [2.75, 3.05) is 0 Å². The van der Waals surface area contributed by atoms with E-state index in [1.807, 2.05) is 41.9 Å². The number of aryl methyl sites for hydroxylation is 3. The zero-order valence-electron chi connectivity index (χ0n) is 13.1. The maximum Gasteiger partial charge on any atom is 0.268 e. The van der Waals surface area contributed by atoms with Crippen molar-refractivity contribution in [3.8, 4) is 0 Å². The average molecular weight is 309 g/mol. The molecule has 1 aromatic carbocycles. The van der Waals surface area contributed by atoms with Crippen LogP contribution in [0.3, 0.4) is 0 Å². The number of fused-ring (bicyclic) bond motifs is 2. The number of rotatable bonds is 2. The van der Waals surface area contributed by atoms with E-state index in [1.54, 1.807) is 6.33 Å². The number of aromatic nitrogens is 4. The molecule has 1 unspecified atom stereocenters. The summed E-state index contributed by atoms with van der Waals surface area (Å²) in [5.41, 5.74) is 1.78. The summed E-state index contributed by atoms with van der Waals surface area (Å²) in [7, 11) is 1.94. The summed E-state index contributed by atoms with van der Waals surface area (Å²) in [6.45, 7) is 0.850. The molecule has 3 heterocycles. The molecular weight excluding hydrogens is 290 g/mol. The standard InChI is InChI=1S/C17H19N5O/c1-21-14-5-3-2-4-12(14)10-15(21)17(23)19-13-6-7-16-20-18-11-22(16)9-8-13/h2-5,10-11,13H,6-9H2,1H3,(H,19,23). The third kappa shape index (κ3) is 2.50. The number of hydrogen-bond acceptors (Lipinski definition) is 3. The largest absolute Gasteiger partial charge is 0.348 e. The van der Waals surface area contributed by atoms with Gasteiger partial charge in [0, 0.05) is 37.0 Å². The lowest BCUT2D eigenvalue weighted by atomic mass is 10.1. The Morgan fingerprint density at radius 2 is 2.17 bits per heavy atom. The van der Waals surface area contributed by atoms with Crippen LogP contribution in [0.4, 0.5) is 0 Å². The topological polar surface area (TPSA) is 64.7 Å². The summed E-state index contributed by atoms with van der Waals surface area (Å²) in [5.74, 6) is 0.998. The molecular formula is C17H19N5O. The third-order valence-corrected chi connectivity index (χ3v) is 4.65. The van der Waals surface area contributed by atoms with Crippen LogP contribution in [0.2, 0.25) is 0 Å². The second kappa shape index (κ2) is 5.53. The molecule has 6 nitrogen and oxygen atoms in total. The number of hydrogen-bond donors (Lipinski definition) is 1. The first-order valence-corrected chi connectivity index (χ1v) is 7.94. The lowest BCUT2D eigenvalue weighted by Crippen LogP contribution is -2.36. The van der Waals surface area contributed by atoms with Crippen LogP contribution in [-0.2, 0) is 20.0 Å². The van der Waals surface area contributed by atoms with E-state index >= 15 is 0 Å². The second-order valence-electron chi connectivity index (χ2n) is 6.09. The molecule has 0 aliphatic carbocycles. The lowest BCUT2D eigenvalue weighted by molar-refractivity contribution is 0.0925. The fraction of sp³-hybridized carbons (Fsp3) is 0.353. The molecule has 1 N–H and O–H groups in total. The van der Waals surface area contributed by atoms with Gasteiger partial charge in [0.25, 0.3) is 5.91 Å². The van der Waals surface area contributed by atoms with Gasteiger partial charge in [0.1, 0.15) is 17.8 Å². The minimum atomic E-state index is -0.00800. The summed E-state index contributed by atoms with van der Waals surface area (Å²) >= 11 is 0. The number of benzene rings is 1. The molecule has 0 saturated carbocycles.